The number of rotatable bonds is 5. The Hall–Kier alpha value is -6.64. The van der Waals surface area contributed by atoms with Gasteiger partial charge in [0.05, 0.1) is 31.7 Å². The Morgan fingerprint density at radius 1 is 0.320 bits per heavy atom. The standard InChI is InChI=1S/C48H32N2/c1-4-12-33(13-5-1)35-20-25-40(26-21-35)50-45-19-11-10-18-41(45)42-31-37(23-28-46(42)50)38-24-29-48-44(32-38)43-30-36(34-14-6-2-7-15-34)22-27-47(43)49(48)39-16-8-3-9-17-39/h1-32H/i10D,11D,18D,19D,23D,28D,31D. The minimum Gasteiger partial charge on any atom is -0.309 e. The molecule has 2 heterocycles. The summed E-state index contributed by atoms with van der Waals surface area (Å²) in [5, 5.41) is 2.26. The highest BCUT2D eigenvalue weighted by Gasteiger charge is 2.17. The molecule has 0 unspecified atom stereocenters. The van der Waals surface area contributed by atoms with Crippen LogP contribution in [-0.2, 0) is 0 Å². The Labute approximate surface area is 300 Å². The van der Waals surface area contributed by atoms with Crippen molar-refractivity contribution in [2.75, 3.05) is 0 Å². The number of para-hydroxylation sites is 2. The molecule has 234 valence electrons. The number of hydrogen-bond donors (Lipinski definition) is 0. The van der Waals surface area contributed by atoms with Gasteiger partial charge < -0.3 is 9.13 Å². The molecule has 0 aliphatic heterocycles. The van der Waals surface area contributed by atoms with E-state index in [-0.39, 0.29) is 57.6 Å². The fourth-order valence-electron chi connectivity index (χ4n) is 7.19. The zero-order valence-electron chi connectivity index (χ0n) is 33.8. The van der Waals surface area contributed by atoms with Crippen LogP contribution in [0.2, 0.25) is 0 Å². The van der Waals surface area contributed by atoms with Crippen molar-refractivity contribution < 1.29 is 9.60 Å². The number of nitrogens with zero attached hydrogens (tertiary/aromatic N) is 2. The van der Waals surface area contributed by atoms with Gasteiger partial charge in [-0.1, -0.05) is 127 Å². The molecule has 2 nitrogen and oxygen atoms in total. The van der Waals surface area contributed by atoms with Crippen LogP contribution < -0.4 is 0 Å². The van der Waals surface area contributed by atoms with Crippen molar-refractivity contribution in [2.24, 2.45) is 0 Å². The second-order valence-corrected chi connectivity index (χ2v) is 12.4. The molecule has 0 fully saturated rings. The lowest BCUT2D eigenvalue weighted by molar-refractivity contribution is 1.18. The van der Waals surface area contributed by atoms with Crippen LogP contribution in [0, 0.1) is 0 Å². The Bertz CT molecular complexity index is 3230. The Balaban J connectivity index is 1.26. The van der Waals surface area contributed by atoms with Crippen LogP contribution in [0.4, 0.5) is 0 Å². The summed E-state index contributed by atoms with van der Waals surface area (Å²) in [4.78, 5) is 0. The monoisotopic (exact) mass is 643 g/mol. The van der Waals surface area contributed by atoms with Crippen molar-refractivity contribution in [2.45, 2.75) is 0 Å². The first kappa shape index (κ1) is 22.1. The average Bonchev–Trinajstić information content (AvgIpc) is 3.79. The predicted molar refractivity (Wildman–Crippen MR) is 211 cm³/mol. The van der Waals surface area contributed by atoms with Crippen LogP contribution in [0.25, 0.3) is 88.4 Å². The van der Waals surface area contributed by atoms with Gasteiger partial charge in [0.1, 0.15) is 0 Å². The molecule has 8 aromatic carbocycles. The molecular formula is C48H32N2. The van der Waals surface area contributed by atoms with E-state index in [1.807, 2.05) is 109 Å². The minimum atomic E-state index is -0.419. The van der Waals surface area contributed by atoms with E-state index in [1.165, 1.54) is 0 Å². The summed E-state index contributed by atoms with van der Waals surface area (Å²) >= 11 is 0. The highest BCUT2D eigenvalue weighted by Crippen LogP contribution is 2.39. The van der Waals surface area contributed by atoms with Gasteiger partial charge in [-0.25, -0.2) is 0 Å². The van der Waals surface area contributed by atoms with E-state index < -0.39 is 12.1 Å². The molecule has 0 spiro atoms. The zero-order valence-corrected chi connectivity index (χ0v) is 26.8. The lowest BCUT2D eigenvalue weighted by Crippen LogP contribution is -1.94. The molecule has 0 saturated heterocycles. The number of fused-ring (bicyclic) bond motifs is 6. The fraction of sp³-hybridized carbons (Fsp3) is 0. The second kappa shape index (κ2) is 11.5. The number of hydrogen-bond acceptors (Lipinski definition) is 0. The van der Waals surface area contributed by atoms with Crippen LogP contribution in [0.5, 0.6) is 0 Å². The minimum absolute atomic E-state index is 0.0724. The SMILES string of the molecule is [2H]c1c([2H])c([2H])c2c(c1[2H])c1c([2H])c(-c3ccc4c(c3)c3cc(-c5ccccc5)ccc3n4-c3ccccc3)c([2H])c([2H])c1n2-c1ccc(-c2ccccc2)cc1. The van der Waals surface area contributed by atoms with Crippen molar-refractivity contribution in [1.82, 2.24) is 9.13 Å². The summed E-state index contributed by atoms with van der Waals surface area (Å²) in [6, 6.07) is 48.2. The molecule has 0 N–H and O–H groups in total. The van der Waals surface area contributed by atoms with Crippen LogP contribution in [-0.4, -0.2) is 9.13 Å². The lowest BCUT2D eigenvalue weighted by Gasteiger charge is -2.10. The molecule has 0 amide bonds. The third-order valence-electron chi connectivity index (χ3n) is 9.57. The molecule has 2 heteroatoms. The van der Waals surface area contributed by atoms with E-state index in [1.54, 1.807) is 4.57 Å². The van der Waals surface area contributed by atoms with E-state index in [4.69, 9.17) is 5.48 Å². The predicted octanol–water partition coefficient (Wildman–Crippen LogP) is 12.9. The summed E-state index contributed by atoms with van der Waals surface area (Å²) in [7, 11) is 0. The van der Waals surface area contributed by atoms with Crippen LogP contribution in [0.1, 0.15) is 9.60 Å². The van der Waals surface area contributed by atoms with E-state index in [9.17, 15) is 4.11 Å². The molecule has 50 heavy (non-hydrogen) atoms. The normalized spacial score (nSPS) is 13.6. The van der Waals surface area contributed by atoms with Gasteiger partial charge in [-0.15, -0.1) is 0 Å². The third kappa shape index (κ3) is 4.57. The van der Waals surface area contributed by atoms with Crippen molar-refractivity contribution in [3.8, 4) is 44.8 Å². The maximum absolute atomic E-state index is 9.79. The topological polar surface area (TPSA) is 9.86 Å². The number of aromatic nitrogens is 2. The quantitative estimate of drug-likeness (QED) is 0.177. The fourth-order valence-corrected chi connectivity index (χ4v) is 7.19. The molecular weight excluding hydrogens is 605 g/mol. The van der Waals surface area contributed by atoms with Crippen LogP contribution >= 0.6 is 0 Å². The molecule has 0 bridgehead atoms. The maximum atomic E-state index is 9.79. The van der Waals surface area contributed by atoms with Crippen LogP contribution in [0.15, 0.2) is 194 Å². The van der Waals surface area contributed by atoms with Crippen LogP contribution in [0.3, 0.4) is 0 Å². The van der Waals surface area contributed by atoms with E-state index in [0.717, 1.165) is 49.7 Å². The van der Waals surface area contributed by atoms with Crippen molar-refractivity contribution in [3.05, 3.63) is 194 Å². The zero-order chi connectivity index (χ0) is 39.1. The van der Waals surface area contributed by atoms with Gasteiger partial charge in [0.2, 0.25) is 0 Å². The highest BCUT2D eigenvalue weighted by atomic mass is 15.0. The third-order valence-corrected chi connectivity index (χ3v) is 9.57. The van der Waals surface area contributed by atoms with Gasteiger partial charge >= 0.3 is 0 Å². The summed E-state index contributed by atoms with van der Waals surface area (Å²) in [5.74, 6) is 0. The van der Waals surface area contributed by atoms with Crippen molar-refractivity contribution in [1.29, 1.82) is 0 Å². The maximum Gasteiger partial charge on any atom is 0.0645 e. The Kier molecular flexibility index (Phi) is 5.08. The van der Waals surface area contributed by atoms with Gasteiger partial charge in [0.15, 0.2) is 0 Å². The van der Waals surface area contributed by atoms with E-state index >= 15 is 0 Å². The summed E-state index contributed by atoms with van der Waals surface area (Å²) < 4.78 is 68.1. The highest BCUT2D eigenvalue weighted by molar-refractivity contribution is 6.13. The van der Waals surface area contributed by atoms with Gasteiger partial charge in [0, 0.05) is 32.9 Å². The molecule has 10 rings (SSSR count). The average molecular weight is 644 g/mol. The first-order chi connectivity index (χ1) is 27.7. The largest absolute Gasteiger partial charge is 0.309 e. The first-order valence-electron chi connectivity index (χ1n) is 20.1. The summed E-state index contributed by atoms with van der Waals surface area (Å²) in [6.45, 7) is 0. The molecule has 0 radical (unpaired) electrons. The molecule has 0 aliphatic carbocycles. The van der Waals surface area contributed by atoms with Gasteiger partial charge in [0.25, 0.3) is 0 Å². The Morgan fingerprint density at radius 2 is 0.800 bits per heavy atom. The summed E-state index contributed by atoms with van der Waals surface area (Å²) in [5.41, 5.74) is 8.75. The van der Waals surface area contributed by atoms with Crippen molar-refractivity contribution >= 4 is 43.6 Å². The Morgan fingerprint density at radius 3 is 1.46 bits per heavy atom. The molecule has 0 saturated carbocycles. The van der Waals surface area contributed by atoms with E-state index in [2.05, 4.69) is 47.0 Å². The lowest BCUT2D eigenvalue weighted by atomic mass is 9.99. The molecule has 0 aliphatic rings. The van der Waals surface area contributed by atoms with Crippen molar-refractivity contribution in [3.63, 3.8) is 0 Å². The molecule has 2 aromatic heterocycles. The van der Waals surface area contributed by atoms with E-state index in [0.29, 0.717) is 11.3 Å². The molecule has 0 atom stereocenters. The molecule has 10 aromatic rings. The van der Waals surface area contributed by atoms with Gasteiger partial charge in [-0.2, -0.15) is 0 Å². The number of benzene rings is 8. The smallest absolute Gasteiger partial charge is 0.0645 e. The first-order valence-corrected chi connectivity index (χ1v) is 16.6. The van der Waals surface area contributed by atoms with Gasteiger partial charge in [-0.05, 0) is 100 Å². The second-order valence-electron chi connectivity index (χ2n) is 12.4. The summed E-state index contributed by atoms with van der Waals surface area (Å²) in [6.07, 6.45) is 0. The van der Waals surface area contributed by atoms with Gasteiger partial charge in [-0.3, -0.25) is 0 Å².